The maximum absolute atomic E-state index is 12.8. The number of hydrogen-bond donors (Lipinski definition) is 0. The third-order valence-electron chi connectivity index (χ3n) is 4.24. The van der Waals surface area contributed by atoms with Gasteiger partial charge in [-0.05, 0) is 19.9 Å². The second-order valence-electron chi connectivity index (χ2n) is 5.97. The molecule has 0 aliphatic heterocycles. The normalized spacial score (nSPS) is 11.2. The van der Waals surface area contributed by atoms with E-state index in [0.717, 1.165) is 15.6 Å². The zero-order valence-corrected chi connectivity index (χ0v) is 15.3. The predicted octanol–water partition coefficient (Wildman–Crippen LogP) is 2.61. The van der Waals surface area contributed by atoms with Gasteiger partial charge in [0.15, 0.2) is 5.65 Å². The summed E-state index contributed by atoms with van der Waals surface area (Å²) >= 11 is 1.54. The van der Waals surface area contributed by atoms with Gasteiger partial charge in [-0.15, -0.1) is 11.3 Å². The highest BCUT2D eigenvalue weighted by molar-refractivity contribution is 7.11. The fourth-order valence-electron chi connectivity index (χ4n) is 2.79. The smallest absolute Gasteiger partial charge is 0.292 e. The Labute approximate surface area is 156 Å². The van der Waals surface area contributed by atoms with Crippen LogP contribution in [0.1, 0.15) is 15.6 Å². The van der Waals surface area contributed by atoms with Crippen LogP contribution in [0.25, 0.3) is 16.7 Å². The van der Waals surface area contributed by atoms with Crippen LogP contribution in [0.2, 0.25) is 0 Å². The average molecular weight is 382 g/mol. The van der Waals surface area contributed by atoms with Crippen molar-refractivity contribution in [3.8, 4) is 5.69 Å². The van der Waals surface area contributed by atoms with Gasteiger partial charge < -0.3 is 0 Å². The van der Waals surface area contributed by atoms with Crippen molar-refractivity contribution in [1.29, 1.82) is 0 Å². The van der Waals surface area contributed by atoms with E-state index < -0.39 is 4.92 Å². The lowest BCUT2D eigenvalue weighted by molar-refractivity contribution is -0.384. The molecule has 9 nitrogen and oxygen atoms in total. The van der Waals surface area contributed by atoms with Crippen molar-refractivity contribution in [2.45, 2.75) is 20.4 Å². The Morgan fingerprint density at radius 1 is 1.26 bits per heavy atom. The van der Waals surface area contributed by atoms with Crippen LogP contribution in [-0.4, -0.2) is 29.2 Å². The molecule has 0 saturated carbocycles. The summed E-state index contributed by atoms with van der Waals surface area (Å²) in [5.74, 6) is 0. The second-order valence-corrected chi connectivity index (χ2v) is 7.25. The van der Waals surface area contributed by atoms with E-state index in [9.17, 15) is 14.9 Å². The van der Waals surface area contributed by atoms with Crippen molar-refractivity contribution in [2.24, 2.45) is 0 Å². The minimum atomic E-state index is -0.489. The minimum absolute atomic E-state index is 0.109. The summed E-state index contributed by atoms with van der Waals surface area (Å²) < 4.78 is 2.78. The van der Waals surface area contributed by atoms with Crippen molar-refractivity contribution < 1.29 is 4.92 Å². The summed E-state index contributed by atoms with van der Waals surface area (Å²) in [6.07, 6.45) is 2.81. The maximum atomic E-state index is 12.8. The zero-order chi connectivity index (χ0) is 19.1. The first kappa shape index (κ1) is 17.0. The van der Waals surface area contributed by atoms with Crippen molar-refractivity contribution in [3.05, 3.63) is 72.8 Å². The van der Waals surface area contributed by atoms with Gasteiger partial charge in [0.1, 0.15) is 22.4 Å². The number of aryl methyl sites for hydroxylation is 2. The van der Waals surface area contributed by atoms with Gasteiger partial charge >= 0.3 is 0 Å². The number of fused-ring (bicyclic) bond motifs is 1. The van der Waals surface area contributed by atoms with Crippen LogP contribution >= 0.6 is 11.3 Å². The molecule has 0 fully saturated rings. The summed E-state index contributed by atoms with van der Waals surface area (Å²) in [6.45, 7) is 4.23. The van der Waals surface area contributed by atoms with Crippen LogP contribution < -0.4 is 5.56 Å². The number of benzene rings is 1. The van der Waals surface area contributed by atoms with Crippen LogP contribution in [-0.2, 0) is 6.54 Å². The van der Waals surface area contributed by atoms with Gasteiger partial charge in [-0.2, -0.15) is 5.10 Å². The molecule has 0 amide bonds. The number of aromatic nitrogens is 5. The molecule has 0 unspecified atom stereocenters. The molecule has 0 spiro atoms. The molecular formula is C17H14N6O3S. The molecule has 0 bridgehead atoms. The largest absolute Gasteiger partial charge is 0.294 e. The highest BCUT2D eigenvalue weighted by Gasteiger charge is 2.19. The fourth-order valence-corrected chi connectivity index (χ4v) is 3.72. The fraction of sp³-hybridized carbons (Fsp3) is 0.176. The molecule has 3 aromatic heterocycles. The Bertz CT molecular complexity index is 1220. The lowest BCUT2D eigenvalue weighted by Crippen LogP contribution is -2.21. The van der Waals surface area contributed by atoms with E-state index in [1.165, 1.54) is 39.2 Å². The number of rotatable bonds is 4. The highest BCUT2D eigenvalue weighted by Crippen LogP contribution is 2.24. The summed E-state index contributed by atoms with van der Waals surface area (Å²) in [4.78, 5) is 33.5. The average Bonchev–Trinajstić information content (AvgIpc) is 3.21. The Morgan fingerprint density at radius 3 is 2.74 bits per heavy atom. The monoisotopic (exact) mass is 382 g/mol. The van der Waals surface area contributed by atoms with Gasteiger partial charge in [-0.1, -0.05) is 12.1 Å². The molecule has 27 heavy (non-hydrogen) atoms. The van der Waals surface area contributed by atoms with E-state index in [0.29, 0.717) is 11.9 Å². The van der Waals surface area contributed by atoms with E-state index >= 15 is 0 Å². The van der Waals surface area contributed by atoms with Gasteiger partial charge in [-0.25, -0.2) is 14.6 Å². The Hall–Kier alpha value is -3.40. The molecule has 136 valence electrons. The summed E-state index contributed by atoms with van der Waals surface area (Å²) in [7, 11) is 0. The Morgan fingerprint density at radius 2 is 2.04 bits per heavy atom. The van der Waals surface area contributed by atoms with Crippen molar-refractivity contribution in [2.75, 3.05) is 0 Å². The molecule has 0 atom stereocenters. The zero-order valence-electron chi connectivity index (χ0n) is 14.5. The van der Waals surface area contributed by atoms with E-state index in [1.807, 2.05) is 13.8 Å². The molecule has 0 saturated heterocycles. The summed E-state index contributed by atoms with van der Waals surface area (Å²) in [6, 6.07) is 6.20. The highest BCUT2D eigenvalue weighted by atomic mass is 32.1. The van der Waals surface area contributed by atoms with Gasteiger partial charge in [-0.3, -0.25) is 19.5 Å². The molecule has 4 aromatic rings. The molecule has 0 radical (unpaired) electrons. The van der Waals surface area contributed by atoms with Crippen LogP contribution in [0.5, 0.6) is 0 Å². The van der Waals surface area contributed by atoms with Crippen molar-refractivity contribution >= 4 is 28.1 Å². The number of nitro groups is 1. The Balaban J connectivity index is 1.81. The molecule has 0 aliphatic rings. The van der Waals surface area contributed by atoms with Gasteiger partial charge in [0, 0.05) is 10.9 Å². The number of nitrogens with zero attached hydrogens (tertiary/aromatic N) is 6. The van der Waals surface area contributed by atoms with Crippen LogP contribution in [0.15, 0.2) is 41.6 Å². The number of hydrogen-bond acceptors (Lipinski definition) is 7. The first-order valence-corrected chi connectivity index (χ1v) is 8.87. The molecule has 0 N–H and O–H groups in total. The van der Waals surface area contributed by atoms with Crippen LogP contribution in [0.4, 0.5) is 5.69 Å². The molecule has 0 aliphatic carbocycles. The quantitative estimate of drug-likeness (QED) is 0.396. The number of para-hydroxylation sites is 2. The van der Waals surface area contributed by atoms with E-state index in [-0.39, 0.29) is 22.6 Å². The van der Waals surface area contributed by atoms with E-state index in [1.54, 1.807) is 18.2 Å². The van der Waals surface area contributed by atoms with Gasteiger partial charge in [0.05, 0.1) is 23.4 Å². The first-order valence-electron chi connectivity index (χ1n) is 8.05. The van der Waals surface area contributed by atoms with Gasteiger partial charge in [0.25, 0.3) is 11.2 Å². The van der Waals surface area contributed by atoms with E-state index in [2.05, 4.69) is 15.1 Å². The SMILES string of the molecule is Cc1nc(Cn2cnc3c(cnn3-c3ccccc3[N+](=O)[O-])c2=O)sc1C. The molecule has 10 heteroatoms. The lowest BCUT2D eigenvalue weighted by Gasteiger charge is -2.05. The number of thiazole rings is 1. The molecule has 4 rings (SSSR count). The minimum Gasteiger partial charge on any atom is -0.292 e. The molecular weight excluding hydrogens is 368 g/mol. The van der Waals surface area contributed by atoms with Crippen molar-refractivity contribution in [1.82, 2.24) is 24.3 Å². The number of nitro benzene ring substituents is 1. The Kier molecular flexibility index (Phi) is 4.04. The van der Waals surface area contributed by atoms with Crippen LogP contribution in [0.3, 0.4) is 0 Å². The topological polar surface area (TPSA) is 109 Å². The molecule has 1 aromatic carbocycles. The second kappa shape index (κ2) is 6.40. The summed E-state index contributed by atoms with van der Waals surface area (Å²) in [5, 5.41) is 16.5. The third kappa shape index (κ3) is 2.89. The predicted molar refractivity (Wildman–Crippen MR) is 100 cm³/mol. The molecule has 3 heterocycles. The maximum Gasteiger partial charge on any atom is 0.294 e. The standard InChI is InChI=1S/C17H14N6O3S/c1-10-11(2)27-15(20-10)8-21-9-18-16-12(17(21)24)7-19-22(16)13-5-3-4-6-14(13)23(25)26/h3-7,9H,8H2,1-2H3. The van der Waals surface area contributed by atoms with Crippen LogP contribution in [0, 0.1) is 24.0 Å². The first-order chi connectivity index (χ1) is 13.0. The third-order valence-corrected chi connectivity index (χ3v) is 5.30. The van der Waals surface area contributed by atoms with Gasteiger partial charge in [0.2, 0.25) is 0 Å². The van der Waals surface area contributed by atoms with E-state index in [4.69, 9.17) is 0 Å². The lowest BCUT2D eigenvalue weighted by atomic mass is 10.2. The summed E-state index contributed by atoms with van der Waals surface area (Å²) in [5.41, 5.74) is 1.10. The van der Waals surface area contributed by atoms with Crippen molar-refractivity contribution in [3.63, 3.8) is 0 Å².